The molecule has 0 N–H and O–H groups in total. The maximum Gasteiger partial charge on any atom is 0.0489 e. The van der Waals surface area contributed by atoms with Gasteiger partial charge < -0.3 is 4.57 Å². The molecule has 1 nitrogen and oxygen atoms in total. The summed E-state index contributed by atoms with van der Waals surface area (Å²) in [5, 5.41) is 2.49. The summed E-state index contributed by atoms with van der Waals surface area (Å²) in [5.74, 6) is 2.68. The monoisotopic (exact) mass is 205 g/mol. The van der Waals surface area contributed by atoms with Gasteiger partial charge in [0.25, 0.3) is 0 Å². The van der Waals surface area contributed by atoms with Crippen LogP contribution in [-0.4, -0.2) is 4.57 Å². The van der Waals surface area contributed by atoms with Crippen LogP contribution in [0, 0.1) is 12.3 Å². The zero-order chi connectivity index (χ0) is 11.1. The summed E-state index contributed by atoms with van der Waals surface area (Å²) in [4.78, 5) is 0. The Morgan fingerprint density at radius 3 is 2.56 bits per heavy atom. The van der Waals surface area contributed by atoms with E-state index in [2.05, 4.69) is 53.9 Å². The largest absolute Gasteiger partial charge is 0.344 e. The van der Waals surface area contributed by atoms with Crippen LogP contribution < -0.4 is 0 Å². The minimum absolute atomic E-state index is 0.934. The molecule has 0 spiro atoms. The van der Waals surface area contributed by atoms with Gasteiger partial charge in [-0.1, -0.05) is 24.1 Å². The Hall–Kier alpha value is -2.20. The van der Waals surface area contributed by atoms with Gasteiger partial charge in [0, 0.05) is 34.4 Å². The van der Waals surface area contributed by atoms with E-state index in [1.165, 1.54) is 21.8 Å². The molecule has 76 valence electrons. The summed E-state index contributed by atoms with van der Waals surface area (Å²) in [6.45, 7) is 0. The second-order valence-electron chi connectivity index (χ2n) is 3.95. The van der Waals surface area contributed by atoms with Crippen LogP contribution in [0.1, 0.15) is 5.56 Å². The predicted molar refractivity (Wildman–Crippen MR) is 68.4 cm³/mol. The first-order chi connectivity index (χ1) is 7.81. The third kappa shape index (κ3) is 1.07. The zero-order valence-corrected chi connectivity index (χ0v) is 9.07. The Morgan fingerprint density at radius 2 is 1.75 bits per heavy atom. The lowest BCUT2D eigenvalue weighted by Crippen LogP contribution is -1.85. The van der Waals surface area contributed by atoms with Gasteiger partial charge in [0.1, 0.15) is 0 Å². The quantitative estimate of drug-likeness (QED) is 0.496. The molecule has 0 aliphatic heterocycles. The molecule has 0 aliphatic rings. The number of hydrogen-bond donors (Lipinski definition) is 0. The second-order valence-corrected chi connectivity index (χ2v) is 3.95. The number of benzene rings is 2. The lowest BCUT2D eigenvalue weighted by atomic mass is 10.1. The molecular formula is C15H11N. The third-order valence-corrected chi connectivity index (χ3v) is 3.08. The Morgan fingerprint density at radius 1 is 1.00 bits per heavy atom. The van der Waals surface area contributed by atoms with Gasteiger partial charge in [-0.15, -0.1) is 6.42 Å². The zero-order valence-electron chi connectivity index (χ0n) is 9.07. The molecule has 0 saturated heterocycles. The number of para-hydroxylation sites is 1. The Labute approximate surface area is 94.3 Å². The molecule has 1 heterocycles. The predicted octanol–water partition coefficient (Wildman–Crippen LogP) is 3.31. The summed E-state index contributed by atoms with van der Waals surface area (Å²) in [6.07, 6.45) is 5.43. The number of aromatic nitrogens is 1. The van der Waals surface area contributed by atoms with Gasteiger partial charge in [-0.25, -0.2) is 0 Å². The third-order valence-electron chi connectivity index (χ3n) is 3.08. The molecule has 3 rings (SSSR count). The van der Waals surface area contributed by atoms with E-state index in [0.29, 0.717) is 0 Å². The van der Waals surface area contributed by atoms with Crippen LogP contribution in [0.5, 0.6) is 0 Å². The summed E-state index contributed by atoms with van der Waals surface area (Å²) in [7, 11) is 2.08. The van der Waals surface area contributed by atoms with Gasteiger partial charge in [-0.3, -0.25) is 0 Å². The lowest BCUT2D eigenvalue weighted by Gasteiger charge is -1.97. The maximum absolute atomic E-state index is 5.43. The minimum atomic E-state index is 0.934. The number of terminal acetylenes is 1. The summed E-state index contributed by atoms with van der Waals surface area (Å²) in [5.41, 5.74) is 3.40. The average Bonchev–Trinajstić information content (AvgIpc) is 2.64. The molecular weight excluding hydrogens is 194 g/mol. The van der Waals surface area contributed by atoms with Crippen molar-refractivity contribution in [3.63, 3.8) is 0 Å². The molecule has 16 heavy (non-hydrogen) atoms. The molecule has 0 saturated carbocycles. The van der Waals surface area contributed by atoms with Crippen LogP contribution in [0.4, 0.5) is 0 Å². The van der Waals surface area contributed by atoms with E-state index < -0.39 is 0 Å². The number of aryl methyl sites for hydroxylation is 1. The van der Waals surface area contributed by atoms with Gasteiger partial charge in [0.15, 0.2) is 0 Å². The number of hydrogen-bond acceptors (Lipinski definition) is 0. The first kappa shape index (κ1) is 9.06. The van der Waals surface area contributed by atoms with Crippen molar-refractivity contribution in [2.24, 2.45) is 7.05 Å². The molecule has 0 amide bonds. The van der Waals surface area contributed by atoms with Crippen molar-refractivity contribution in [2.45, 2.75) is 0 Å². The van der Waals surface area contributed by atoms with Crippen molar-refractivity contribution in [2.75, 3.05) is 0 Å². The smallest absolute Gasteiger partial charge is 0.0489 e. The van der Waals surface area contributed by atoms with E-state index in [-0.39, 0.29) is 0 Å². The maximum atomic E-state index is 5.43. The first-order valence-corrected chi connectivity index (χ1v) is 5.25. The summed E-state index contributed by atoms with van der Waals surface area (Å²) in [6, 6.07) is 14.5. The van der Waals surface area contributed by atoms with Crippen molar-refractivity contribution >= 4 is 21.8 Å². The van der Waals surface area contributed by atoms with E-state index in [4.69, 9.17) is 6.42 Å². The topological polar surface area (TPSA) is 4.93 Å². The standard InChI is InChI=1S/C15H11N/c1-3-11-8-9-15-13(10-11)12-6-4-5-7-14(12)16(15)2/h1,4-10H,2H3. The van der Waals surface area contributed by atoms with Crippen molar-refractivity contribution < 1.29 is 0 Å². The fourth-order valence-corrected chi connectivity index (χ4v) is 2.26. The van der Waals surface area contributed by atoms with Gasteiger partial charge in [0.05, 0.1) is 0 Å². The molecule has 1 heteroatoms. The van der Waals surface area contributed by atoms with Crippen molar-refractivity contribution in [1.29, 1.82) is 0 Å². The minimum Gasteiger partial charge on any atom is -0.344 e. The highest BCUT2D eigenvalue weighted by molar-refractivity contribution is 6.08. The van der Waals surface area contributed by atoms with Crippen molar-refractivity contribution in [3.05, 3.63) is 48.0 Å². The SMILES string of the molecule is C#Cc1ccc2c(c1)c1ccccc1n2C. The van der Waals surface area contributed by atoms with E-state index in [9.17, 15) is 0 Å². The van der Waals surface area contributed by atoms with E-state index in [1.807, 2.05) is 6.07 Å². The highest BCUT2D eigenvalue weighted by Crippen LogP contribution is 2.28. The van der Waals surface area contributed by atoms with E-state index >= 15 is 0 Å². The number of fused-ring (bicyclic) bond motifs is 3. The van der Waals surface area contributed by atoms with Gasteiger partial charge >= 0.3 is 0 Å². The van der Waals surface area contributed by atoms with Gasteiger partial charge in [0.2, 0.25) is 0 Å². The van der Waals surface area contributed by atoms with E-state index in [1.54, 1.807) is 0 Å². The number of nitrogens with zero attached hydrogens (tertiary/aromatic N) is 1. The fraction of sp³-hybridized carbons (Fsp3) is 0.0667. The summed E-state index contributed by atoms with van der Waals surface area (Å²) < 4.78 is 2.20. The first-order valence-electron chi connectivity index (χ1n) is 5.25. The number of rotatable bonds is 0. The molecule has 2 aromatic carbocycles. The normalized spacial score (nSPS) is 10.8. The van der Waals surface area contributed by atoms with Crippen LogP contribution in [0.25, 0.3) is 21.8 Å². The highest BCUT2D eigenvalue weighted by atomic mass is 14.9. The highest BCUT2D eigenvalue weighted by Gasteiger charge is 2.06. The van der Waals surface area contributed by atoms with E-state index in [0.717, 1.165) is 5.56 Å². The molecule has 0 aliphatic carbocycles. The van der Waals surface area contributed by atoms with Crippen LogP contribution in [0.15, 0.2) is 42.5 Å². The Kier molecular flexibility index (Phi) is 1.78. The Bertz CT molecular complexity index is 726. The molecule has 0 unspecified atom stereocenters. The molecule has 0 atom stereocenters. The lowest BCUT2D eigenvalue weighted by molar-refractivity contribution is 1.01. The van der Waals surface area contributed by atoms with Crippen LogP contribution >= 0.6 is 0 Å². The average molecular weight is 205 g/mol. The fourth-order valence-electron chi connectivity index (χ4n) is 2.26. The van der Waals surface area contributed by atoms with Crippen LogP contribution in [0.3, 0.4) is 0 Å². The van der Waals surface area contributed by atoms with Gasteiger partial charge in [-0.2, -0.15) is 0 Å². The molecule has 0 radical (unpaired) electrons. The second kappa shape index (κ2) is 3.15. The summed E-state index contributed by atoms with van der Waals surface area (Å²) >= 11 is 0. The Balaban J connectivity index is 2.58. The van der Waals surface area contributed by atoms with Crippen molar-refractivity contribution in [3.8, 4) is 12.3 Å². The molecule has 1 aromatic heterocycles. The van der Waals surface area contributed by atoms with Crippen LogP contribution in [-0.2, 0) is 7.05 Å². The molecule has 0 fully saturated rings. The van der Waals surface area contributed by atoms with Gasteiger partial charge in [-0.05, 0) is 24.3 Å². The van der Waals surface area contributed by atoms with Crippen LogP contribution in [0.2, 0.25) is 0 Å². The molecule has 3 aromatic rings. The molecule has 0 bridgehead atoms. The van der Waals surface area contributed by atoms with Crippen molar-refractivity contribution in [1.82, 2.24) is 4.57 Å².